The zero-order chi connectivity index (χ0) is 17.4. The molecule has 1 N–H and O–H groups in total. The maximum atomic E-state index is 12.6. The lowest BCUT2D eigenvalue weighted by molar-refractivity contribution is -0.137. The molecule has 2 aromatic carbocycles. The van der Waals surface area contributed by atoms with Gasteiger partial charge in [0, 0.05) is 5.56 Å². The first kappa shape index (κ1) is 17.4. The van der Waals surface area contributed by atoms with E-state index in [1.165, 1.54) is 12.1 Å². The zero-order valence-electron chi connectivity index (χ0n) is 12.6. The molecule has 0 aliphatic carbocycles. The monoisotopic (exact) mass is 333 g/mol. The third-order valence-electron chi connectivity index (χ3n) is 2.96. The smallest absolute Gasteiger partial charge is 0.416 e. The summed E-state index contributed by atoms with van der Waals surface area (Å²) in [7, 11) is 0. The SMILES string of the molecule is O=C(NCC#Cc1cccc(C(F)(F)F)c1)OCc1ccccc1. The Kier molecular flexibility index (Phi) is 5.85. The van der Waals surface area contributed by atoms with E-state index < -0.39 is 17.8 Å². The molecular formula is C18H14F3NO2. The molecule has 0 bridgehead atoms. The summed E-state index contributed by atoms with van der Waals surface area (Å²) in [6, 6.07) is 13.8. The molecule has 24 heavy (non-hydrogen) atoms. The van der Waals surface area contributed by atoms with Crippen LogP contribution in [0.5, 0.6) is 0 Å². The second-order valence-corrected chi connectivity index (χ2v) is 4.80. The highest BCUT2D eigenvalue weighted by Crippen LogP contribution is 2.29. The molecule has 0 heterocycles. The molecule has 0 spiro atoms. The fourth-order valence-electron chi connectivity index (χ4n) is 1.81. The van der Waals surface area contributed by atoms with Crippen LogP contribution in [0, 0.1) is 11.8 Å². The first-order chi connectivity index (χ1) is 11.4. The summed E-state index contributed by atoms with van der Waals surface area (Å²) in [6.45, 7) is 0.109. The van der Waals surface area contributed by atoms with Gasteiger partial charge in [0.1, 0.15) is 6.61 Å². The van der Waals surface area contributed by atoms with Gasteiger partial charge in [0.2, 0.25) is 0 Å². The first-order valence-electron chi connectivity index (χ1n) is 7.06. The molecule has 124 valence electrons. The van der Waals surface area contributed by atoms with Crippen LogP contribution in [0.2, 0.25) is 0 Å². The topological polar surface area (TPSA) is 38.3 Å². The fraction of sp³-hybridized carbons (Fsp3) is 0.167. The number of alkyl carbamates (subject to hydrolysis) is 1. The molecule has 0 atom stereocenters. The van der Waals surface area contributed by atoms with Crippen molar-refractivity contribution in [1.29, 1.82) is 0 Å². The van der Waals surface area contributed by atoms with Crippen LogP contribution < -0.4 is 5.32 Å². The van der Waals surface area contributed by atoms with Crippen LogP contribution in [0.3, 0.4) is 0 Å². The number of rotatable bonds is 3. The lowest BCUT2D eigenvalue weighted by atomic mass is 10.1. The van der Waals surface area contributed by atoms with Crippen LogP contribution in [-0.2, 0) is 17.5 Å². The Morgan fingerprint density at radius 1 is 1.08 bits per heavy atom. The highest BCUT2D eigenvalue weighted by atomic mass is 19.4. The summed E-state index contributed by atoms with van der Waals surface area (Å²) in [4.78, 5) is 11.5. The Morgan fingerprint density at radius 3 is 2.54 bits per heavy atom. The molecule has 2 aromatic rings. The highest BCUT2D eigenvalue weighted by molar-refractivity contribution is 5.67. The lowest BCUT2D eigenvalue weighted by Gasteiger charge is -2.06. The number of hydrogen-bond donors (Lipinski definition) is 1. The number of ether oxygens (including phenoxy) is 1. The Labute approximate surface area is 137 Å². The van der Waals surface area contributed by atoms with Crippen molar-refractivity contribution in [2.45, 2.75) is 12.8 Å². The van der Waals surface area contributed by atoms with Crippen molar-refractivity contribution in [1.82, 2.24) is 5.32 Å². The predicted molar refractivity (Wildman–Crippen MR) is 83.0 cm³/mol. The maximum Gasteiger partial charge on any atom is 0.416 e. The molecule has 0 aliphatic rings. The Bertz CT molecular complexity index is 746. The van der Waals surface area contributed by atoms with Crippen LogP contribution in [0.15, 0.2) is 54.6 Å². The lowest BCUT2D eigenvalue weighted by Crippen LogP contribution is -2.24. The van der Waals surface area contributed by atoms with Gasteiger partial charge in [-0.2, -0.15) is 13.2 Å². The summed E-state index contributed by atoms with van der Waals surface area (Å²) < 4.78 is 42.7. The van der Waals surface area contributed by atoms with Gasteiger partial charge in [-0.25, -0.2) is 4.79 Å². The zero-order valence-corrected chi connectivity index (χ0v) is 12.6. The normalized spacial score (nSPS) is 10.5. The van der Waals surface area contributed by atoms with Gasteiger partial charge in [-0.15, -0.1) is 0 Å². The molecule has 0 saturated carbocycles. The van der Waals surface area contributed by atoms with E-state index in [1.807, 2.05) is 30.3 Å². The fourth-order valence-corrected chi connectivity index (χ4v) is 1.81. The summed E-state index contributed by atoms with van der Waals surface area (Å²) in [5.74, 6) is 5.15. The average Bonchev–Trinajstić information content (AvgIpc) is 2.57. The first-order valence-corrected chi connectivity index (χ1v) is 7.06. The van der Waals surface area contributed by atoms with Gasteiger partial charge < -0.3 is 10.1 Å². The molecule has 0 radical (unpaired) electrons. The van der Waals surface area contributed by atoms with E-state index in [4.69, 9.17) is 4.74 Å². The minimum atomic E-state index is -4.41. The largest absolute Gasteiger partial charge is 0.445 e. The number of benzene rings is 2. The standard InChI is InChI=1S/C18H14F3NO2/c19-18(20,21)16-10-4-8-14(12-16)9-5-11-22-17(23)24-13-15-6-2-1-3-7-15/h1-4,6-8,10,12H,11,13H2,(H,22,23). The van der Waals surface area contributed by atoms with E-state index in [9.17, 15) is 18.0 Å². The molecule has 0 fully saturated rings. The van der Waals surface area contributed by atoms with Crippen molar-refractivity contribution >= 4 is 6.09 Å². The van der Waals surface area contributed by atoms with Gasteiger partial charge >= 0.3 is 12.3 Å². The van der Waals surface area contributed by atoms with E-state index in [0.29, 0.717) is 0 Å². The third-order valence-corrected chi connectivity index (χ3v) is 2.96. The molecule has 0 aromatic heterocycles. The number of carbonyl (C=O) groups excluding carboxylic acids is 1. The van der Waals surface area contributed by atoms with Crippen molar-refractivity contribution in [3.8, 4) is 11.8 Å². The van der Waals surface area contributed by atoms with Gasteiger partial charge in [0.15, 0.2) is 0 Å². The Hall–Kier alpha value is -2.94. The van der Waals surface area contributed by atoms with Crippen LogP contribution in [0.25, 0.3) is 0 Å². The minimum absolute atomic E-state index is 0.0239. The van der Waals surface area contributed by atoms with Gasteiger partial charge in [-0.1, -0.05) is 48.2 Å². The number of alkyl halides is 3. The molecule has 1 amide bonds. The summed E-state index contributed by atoms with van der Waals surface area (Å²) >= 11 is 0. The van der Waals surface area contributed by atoms with E-state index in [1.54, 1.807) is 0 Å². The molecule has 0 saturated heterocycles. The van der Waals surface area contributed by atoms with Gasteiger partial charge in [0.05, 0.1) is 12.1 Å². The van der Waals surface area contributed by atoms with Crippen molar-refractivity contribution in [2.24, 2.45) is 0 Å². The molecule has 3 nitrogen and oxygen atoms in total. The summed E-state index contributed by atoms with van der Waals surface area (Å²) in [6.07, 6.45) is -5.05. The molecule has 2 rings (SSSR count). The maximum absolute atomic E-state index is 12.6. The number of nitrogens with one attached hydrogen (secondary N) is 1. The van der Waals surface area contributed by atoms with Crippen molar-refractivity contribution in [3.63, 3.8) is 0 Å². The Morgan fingerprint density at radius 2 is 1.83 bits per heavy atom. The summed E-state index contributed by atoms with van der Waals surface area (Å²) in [5.41, 5.74) is 0.316. The second kappa shape index (κ2) is 8.06. The van der Waals surface area contributed by atoms with Crippen molar-refractivity contribution in [3.05, 3.63) is 71.3 Å². The molecule has 0 unspecified atom stereocenters. The quantitative estimate of drug-likeness (QED) is 0.863. The van der Waals surface area contributed by atoms with Crippen LogP contribution >= 0.6 is 0 Å². The average molecular weight is 333 g/mol. The van der Waals surface area contributed by atoms with Crippen LogP contribution in [-0.4, -0.2) is 12.6 Å². The van der Waals surface area contributed by atoms with E-state index in [0.717, 1.165) is 17.7 Å². The number of amides is 1. The van der Waals surface area contributed by atoms with E-state index in [2.05, 4.69) is 17.2 Å². The molecule has 6 heteroatoms. The second-order valence-electron chi connectivity index (χ2n) is 4.80. The van der Waals surface area contributed by atoms with Gasteiger partial charge in [-0.05, 0) is 23.8 Å². The number of hydrogen-bond acceptors (Lipinski definition) is 2. The number of halogens is 3. The third kappa shape index (κ3) is 5.69. The summed E-state index contributed by atoms with van der Waals surface area (Å²) in [5, 5.41) is 2.41. The predicted octanol–water partition coefficient (Wildman–Crippen LogP) is 3.98. The van der Waals surface area contributed by atoms with Crippen LogP contribution in [0.4, 0.5) is 18.0 Å². The van der Waals surface area contributed by atoms with Crippen LogP contribution in [0.1, 0.15) is 16.7 Å². The van der Waals surface area contributed by atoms with Gasteiger partial charge in [-0.3, -0.25) is 0 Å². The highest BCUT2D eigenvalue weighted by Gasteiger charge is 2.30. The Balaban J connectivity index is 1.80. The minimum Gasteiger partial charge on any atom is -0.445 e. The van der Waals surface area contributed by atoms with Crippen molar-refractivity contribution in [2.75, 3.05) is 6.54 Å². The van der Waals surface area contributed by atoms with Crippen molar-refractivity contribution < 1.29 is 22.7 Å². The molecule has 0 aliphatic heterocycles. The van der Waals surface area contributed by atoms with Gasteiger partial charge in [0.25, 0.3) is 0 Å². The number of carbonyl (C=O) groups is 1. The molecular weight excluding hydrogens is 319 g/mol. The van der Waals surface area contributed by atoms with E-state index >= 15 is 0 Å². The van der Waals surface area contributed by atoms with E-state index in [-0.39, 0.29) is 18.7 Å².